The molecule has 0 saturated carbocycles. The second kappa shape index (κ2) is 6.72. The Morgan fingerprint density at radius 3 is 2.95 bits per heavy atom. The maximum absolute atomic E-state index is 11.9. The van der Waals surface area contributed by atoms with E-state index >= 15 is 0 Å². The van der Waals surface area contributed by atoms with Crippen molar-refractivity contribution < 1.29 is 18.4 Å². The number of hydrogen-bond acceptors (Lipinski definition) is 6. The number of nitro benzene ring substituents is 1. The molecule has 21 heavy (non-hydrogen) atoms. The van der Waals surface area contributed by atoms with E-state index in [4.69, 9.17) is 4.74 Å². The minimum Gasteiger partial charge on any atom is -0.377 e. The first kappa shape index (κ1) is 15.5. The smallest absolute Gasteiger partial charge is 0.293 e. The van der Waals surface area contributed by atoms with Gasteiger partial charge < -0.3 is 10.1 Å². The van der Waals surface area contributed by atoms with Gasteiger partial charge in [0.05, 0.1) is 26.8 Å². The topological polar surface area (TPSA) is 77.3 Å². The van der Waals surface area contributed by atoms with Gasteiger partial charge in [-0.3, -0.25) is 10.1 Å². The maximum Gasteiger partial charge on any atom is 0.293 e. The molecular weight excluding hydrogens is 304 g/mol. The van der Waals surface area contributed by atoms with Crippen LogP contribution in [0.15, 0.2) is 12.1 Å². The largest absolute Gasteiger partial charge is 0.377 e. The first-order valence-electron chi connectivity index (χ1n) is 6.12. The van der Waals surface area contributed by atoms with Crippen LogP contribution in [-0.4, -0.2) is 36.1 Å². The SMILES string of the molecule is Cc1nc2cc(NCCOCC(F)F)c([N+](=O)[O-])cc2s1. The van der Waals surface area contributed by atoms with Crippen LogP contribution in [0.1, 0.15) is 5.01 Å². The fourth-order valence-corrected chi connectivity index (χ4v) is 2.64. The number of fused-ring (bicyclic) bond motifs is 1. The van der Waals surface area contributed by atoms with Crippen LogP contribution in [0.3, 0.4) is 0 Å². The lowest BCUT2D eigenvalue weighted by atomic mass is 10.2. The van der Waals surface area contributed by atoms with Crippen molar-refractivity contribution in [3.05, 3.63) is 27.3 Å². The Bertz CT molecular complexity index is 648. The molecule has 1 aromatic carbocycles. The Labute approximate surface area is 122 Å². The average molecular weight is 317 g/mol. The molecule has 0 amide bonds. The molecule has 0 aliphatic carbocycles. The molecule has 0 aliphatic heterocycles. The molecule has 2 rings (SSSR count). The van der Waals surface area contributed by atoms with Crippen LogP contribution in [-0.2, 0) is 4.74 Å². The number of hydrogen-bond donors (Lipinski definition) is 1. The molecule has 0 fully saturated rings. The molecule has 0 spiro atoms. The van der Waals surface area contributed by atoms with Crippen molar-refractivity contribution in [1.29, 1.82) is 0 Å². The van der Waals surface area contributed by atoms with E-state index in [1.807, 2.05) is 6.92 Å². The van der Waals surface area contributed by atoms with E-state index in [9.17, 15) is 18.9 Å². The van der Waals surface area contributed by atoms with Crippen molar-refractivity contribution in [2.75, 3.05) is 25.1 Å². The fraction of sp³-hybridized carbons (Fsp3) is 0.417. The number of ether oxygens (including phenoxy) is 1. The van der Waals surface area contributed by atoms with Crippen molar-refractivity contribution in [1.82, 2.24) is 4.98 Å². The predicted octanol–water partition coefficient (Wildman–Crippen LogP) is 3.21. The highest BCUT2D eigenvalue weighted by molar-refractivity contribution is 7.18. The lowest BCUT2D eigenvalue weighted by Gasteiger charge is -2.07. The van der Waals surface area contributed by atoms with Gasteiger partial charge in [0.2, 0.25) is 0 Å². The lowest BCUT2D eigenvalue weighted by molar-refractivity contribution is -0.383. The van der Waals surface area contributed by atoms with E-state index in [1.54, 1.807) is 6.07 Å². The van der Waals surface area contributed by atoms with Crippen molar-refractivity contribution in [3.63, 3.8) is 0 Å². The summed E-state index contributed by atoms with van der Waals surface area (Å²) in [6.45, 7) is 1.41. The number of benzene rings is 1. The molecule has 9 heteroatoms. The number of aromatic nitrogens is 1. The van der Waals surface area contributed by atoms with Gasteiger partial charge in [0, 0.05) is 12.6 Å². The van der Waals surface area contributed by atoms with Crippen molar-refractivity contribution in [3.8, 4) is 0 Å². The number of alkyl halides is 2. The van der Waals surface area contributed by atoms with E-state index in [0.29, 0.717) is 11.2 Å². The molecular formula is C12H13F2N3O3S. The molecule has 0 unspecified atom stereocenters. The molecule has 2 aromatic rings. The van der Waals surface area contributed by atoms with E-state index in [2.05, 4.69) is 10.3 Å². The van der Waals surface area contributed by atoms with Crippen LogP contribution in [0.4, 0.5) is 20.2 Å². The zero-order valence-electron chi connectivity index (χ0n) is 11.1. The lowest BCUT2D eigenvalue weighted by Crippen LogP contribution is -2.13. The highest BCUT2D eigenvalue weighted by Gasteiger charge is 2.16. The summed E-state index contributed by atoms with van der Waals surface area (Å²) in [5, 5.41) is 14.7. The highest BCUT2D eigenvalue weighted by atomic mass is 32.1. The van der Waals surface area contributed by atoms with Gasteiger partial charge in [0.25, 0.3) is 12.1 Å². The summed E-state index contributed by atoms with van der Waals surface area (Å²) in [5.41, 5.74) is 0.901. The first-order valence-corrected chi connectivity index (χ1v) is 6.94. The number of anilines is 1. The number of nitrogens with one attached hydrogen (secondary N) is 1. The van der Waals surface area contributed by atoms with Crippen LogP contribution in [0, 0.1) is 17.0 Å². The van der Waals surface area contributed by atoms with E-state index < -0.39 is 18.0 Å². The molecule has 1 heterocycles. The Balaban J connectivity index is 2.09. The number of thiazole rings is 1. The normalized spacial score (nSPS) is 11.2. The Morgan fingerprint density at radius 1 is 1.52 bits per heavy atom. The monoisotopic (exact) mass is 317 g/mol. The average Bonchev–Trinajstić information content (AvgIpc) is 2.75. The summed E-state index contributed by atoms with van der Waals surface area (Å²) in [6, 6.07) is 3.05. The molecule has 0 saturated heterocycles. The molecule has 114 valence electrons. The van der Waals surface area contributed by atoms with Crippen LogP contribution < -0.4 is 5.32 Å². The predicted molar refractivity (Wildman–Crippen MR) is 76.3 cm³/mol. The van der Waals surface area contributed by atoms with Gasteiger partial charge in [-0.15, -0.1) is 11.3 Å². The third-order valence-electron chi connectivity index (χ3n) is 2.62. The maximum atomic E-state index is 11.9. The number of aryl methyl sites for hydroxylation is 1. The van der Waals surface area contributed by atoms with Crippen LogP contribution in [0.5, 0.6) is 0 Å². The van der Waals surface area contributed by atoms with Gasteiger partial charge in [-0.2, -0.15) is 0 Å². The van der Waals surface area contributed by atoms with Gasteiger partial charge in [-0.05, 0) is 13.0 Å². The Morgan fingerprint density at radius 2 is 2.29 bits per heavy atom. The van der Waals surface area contributed by atoms with Gasteiger partial charge in [0.15, 0.2) is 0 Å². The van der Waals surface area contributed by atoms with Crippen molar-refractivity contribution >= 4 is 32.9 Å². The minimum atomic E-state index is -2.52. The van der Waals surface area contributed by atoms with Gasteiger partial charge >= 0.3 is 0 Å². The van der Waals surface area contributed by atoms with E-state index in [0.717, 1.165) is 9.71 Å². The second-order valence-electron chi connectivity index (χ2n) is 4.22. The highest BCUT2D eigenvalue weighted by Crippen LogP contribution is 2.32. The zero-order chi connectivity index (χ0) is 15.4. The molecule has 0 aliphatic rings. The second-order valence-corrected chi connectivity index (χ2v) is 5.45. The summed E-state index contributed by atoms with van der Waals surface area (Å²) >= 11 is 1.38. The summed E-state index contributed by atoms with van der Waals surface area (Å²) in [4.78, 5) is 14.8. The number of rotatable bonds is 7. The number of nitro groups is 1. The summed E-state index contributed by atoms with van der Waals surface area (Å²) in [7, 11) is 0. The third kappa shape index (κ3) is 4.05. The van der Waals surface area contributed by atoms with Gasteiger partial charge in [-0.1, -0.05) is 0 Å². The van der Waals surface area contributed by atoms with Crippen molar-refractivity contribution in [2.45, 2.75) is 13.3 Å². The summed E-state index contributed by atoms with van der Waals surface area (Å²) in [6.07, 6.45) is -2.52. The summed E-state index contributed by atoms with van der Waals surface area (Å²) < 4.78 is 29.2. The molecule has 0 bridgehead atoms. The first-order chi connectivity index (χ1) is 9.97. The van der Waals surface area contributed by atoms with Crippen LogP contribution in [0.2, 0.25) is 0 Å². The fourth-order valence-electron chi connectivity index (χ4n) is 1.80. The molecule has 0 radical (unpaired) electrons. The number of nitrogens with zero attached hydrogens (tertiary/aromatic N) is 2. The third-order valence-corrected chi connectivity index (χ3v) is 3.55. The standard InChI is InChI=1S/C12H13F2N3O3S/c1-7-16-9-4-8(15-2-3-20-6-12(13)14)10(17(18)19)5-11(9)21-7/h4-5,12,15H,2-3,6H2,1H3. The molecule has 6 nitrogen and oxygen atoms in total. The van der Waals surface area contributed by atoms with E-state index in [1.165, 1.54) is 17.4 Å². The summed E-state index contributed by atoms with van der Waals surface area (Å²) in [5.74, 6) is 0. The Hall–Kier alpha value is -1.87. The quantitative estimate of drug-likeness (QED) is 0.482. The van der Waals surface area contributed by atoms with Gasteiger partial charge in [0.1, 0.15) is 12.3 Å². The Kier molecular flexibility index (Phi) is 4.97. The van der Waals surface area contributed by atoms with Crippen LogP contribution >= 0.6 is 11.3 Å². The van der Waals surface area contributed by atoms with E-state index in [-0.39, 0.29) is 18.8 Å². The minimum absolute atomic E-state index is 0.0373. The molecule has 0 atom stereocenters. The molecule has 1 aromatic heterocycles. The van der Waals surface area contributed by atoms with Gasteiger partial charge in [-0.25, -0.2) is 13.8 Å². The number of halogens is 2. The molecule has 1 N–H and O–H groups in total. The zero-order valence-corrected chi connectivity index (χ0v) is 12.0. The van der Waals surface area contributed by atoms with Crippen molar-refractivity contribution in [2.24, 2.45) is 0 Å². The van der Waals surface area contributed by atoms with Crippen LogP contribution in [0.25, 0.3) is 10.2 Å².